The third-order valence-corrected chi connectivity index (χ3v) is 7.45. The largest absolute Gasteiger partial charge is 0.416 e. The molecule has 4 atom stereocenters. The van der Waals surface area contributed by atoms with Gasteiger partial charge in [0.2, 0.25) is 0 Å². The molecule has 0 bridgehead atoms. The Kier molecular flexibility index (Phi) is 8.19. The lowest BCUT2D eigenvalue weighted by Gasteiger charge is -2.33. The summed E-state index contributed by atoms with van der Waals surface area (Å²) < 4.78 is 103. The van der Waals surface area contributed by atoms with Crippen molar-refractivity contribution in [3.05, 3.63) is 86.8 Å². The van der Waals surface area contributed by atoms with Crippen LogP contribution >= 0.6 is 0 Å². The average molecular weight is 575 g/mol. The van der Waals surface area contributed by atoms with Gasteiger partial charge >= 0.3 is 18.0 Å². The van der Waals surface area contributed by atoms with Crippen LogP contribution in [0, 0.1) is 5.82 Å². The minimum atomic E-state index is -4.97. The molecule has 1 aliphatic carbocycles. The van der Waals surface area contributed by atoms with Crippen molar-refractivity contribution in [2.75, 3.05) is 7.05 Å². The molecular formula is C27H29F7N4O2. The number of hydrogen-bond donors (Lipinski definition) is 0. The highest BCUT2D eigenvalue weighted by Gasteiger charge is 2.42. The molecular weight excluding hydrogens is 545 g/mol. The number of aryl methyl sites for hydroxylation is 1. The number of nitrogens with zero attached hydrogens (tertiary/aromatic N) is 4. The lowest BCUT2D eigenvalue weighted by Crippen LogP contribution is -2.37. The van der Waals surface area contributed by atoms with E-state index in [1.165, 1.54) is 35.4 Å². The minimum absolute atomic E-state index is 0.0863. The molecule has 6 nitrogen and oxygen atoms in total. The van der Waals surface area contributed by atoms with Gasteiger partial charge in [0.15, 0.2) is 0 Å². The molecule has 0 aliphatic heterocycles. The number of likely N-dealkylation sites (N-methyl/N-ethyl adjacent to an activating group) is 1. The van der Waals surface area contributed by atoms with Crippen molar-refractivity contribution in [2.45, 2.75) is 62.8 Å². The molecule has 0 amide bonds. The summed E-state index contributed by atoms with van der Waals surface area (Å²) in [5, 5.41) is 4.25. The van der Waals surface area contributed by atoms with Gasteiger partial charge in [0.1, 0.15) is 11.6 Å². The fraction of sp³-hybridized carbons (Fsp3) is 0.481. The van der Waals surface area contributed by atoms with Crippen molar-refractivity contribution in [1.29, 1.82) is 0 Å². The molecule has 13 heteroatoms. The second-order valence-electron chi connectivity index (χ2n) is 10.2. The number of hydrogen-bond acceptors (Lipinski definition) is 4. The molecule has 1 aliphatic rings. The van der Waals surface area contributed by atoms with E-state index in [0.717, 1.165) is 0 Å². The topological polar surface area (TPSA) is 52.3 Å². The van der Waals surface area contributed by atoms with Gasteiger partial charge in [-0.05, 0) is 68.3 Å². The standard InChI is InChI=1S/C27H29F7N4O2/c1-15(17-11-18(26(29,30)31)13-19(12-17)27(32,33)34)40-22-10-9-21(24(22)16-5-7-20(28)8-6-16)36(2)14-23-35-38(4)25(39)37(23)3/h5-8,11-13,15,21-22,24H,9-10,14H2,1-4H3/t15-,21?,22?,24?/m1/s1. The highest BCUT2D eigenvalue weighted by molar-refractivity contribution is 5.35. The van der Waals surface area contributed by atoms with E-state index in [9.17, 15) is 35.5 Å². The van der Waals surface area contributed by atoms with E-state index in [1.54, 1.807) is 19.2 Å². The Morgan fingerprint density at radius 1 is 1.00 bits per heavy atom. The Balaban J connectivity index is 1.64. The molecule has 1 heterocycles. The van der Waals surface area contributed by atoms with E-state index >= 15 is 0 Å². The summed E-state index contributed by atoms with van der Waals surface area (Å²) in [6.07, 6.45) is -10.6. The van der Waals surface area contributed by atoms with Gasteiger partial charge in [0, 0.05) is 26.1 Å². The summed E-state index contributed by atoms with van der Waals surface area (Å²) in [7, 11) is 4.96. The van der Waals surface area contributed by atoms with Crippen LogP contribution in [0.2, 0.25) is 0 Å². The molecule has 0 saturated heterocycles. The van der Waals surface area contributed by atoms with Gasteiger partial charge < -0.3 is 4.74 Å². The third-order valence-electron chi connectivity index (χ3n) is 7.45. The maximum Gasteiger partial charge on any atom is 0.416 e. The van der Waals surface area contributed by atoms with Crippen molar-refractivity contribution in [2.24, 2.45) is 14.1 Å². The molecule has 0 radical (unpaired) electrons. The highest BCUT2D eigenvalue weighted by atomic mass is 19.4. The van der Waals surface area contributed by atoms with E-state index in [2.05, 4.69) is 5.10 Å². The summed E-state index contributed by atoms with van der Waals surface area (Å²) in [6, 6.07) is 6.99. The molecule has 1 saturated carbocycles. The molecule has 1 fully saturated rings. The van der Waals surface area contributed by atoms with Crippen LogP contribution < -0.4 is 5.69 Å². The van der Waals surface area contributed by atoms with Gasteiger partial charge in [-0.25, -0.2) is 13.9 Å². The molecule has 0 spiro atoms. The van der Waals surface area contributed by atoms with Gasteiger partial charge in [-0.2, -0.15) is 31.4 Å². The Labute approximate surface area is 226 Å². The first kappa shape index (κ1) is 29.8. The van der Waals surface area contributed by atoms with Crippen LogP contribution in [0.4, 0.5) is 30.7 Å². The summed E-state index contributed by atoms with van der Waals surface area (Å²) in [6.45, 7) is 1.71. The van der Waals surface area contributed by atoms with Crippen LogP contribution in [0.3, 0.4) is 0 Å². The molecule has 3 unspecified atom stereocenters. The zero-order valence-corrected chi connectivity index (χ0v) is 22.2. The quantitative estimate of drug-likeness (QED) is 0.334. The van der Waals surface area contributed by atoms with Crippen molar-refractivity contribution in [3.8, 4) is 0 Å². The van der Waals surface area contributed by atoms with Gasteiger partial charge in [-0.15, -0.1) is 0 Å². The molecule has 40 heavy (non-hydrogen) atoms. The summed E-state index contributed by atoms with van der Waals surface area (Å²) >= 11 is 0. The maximum atomic E-state index is 13.7. The van der Waals surface area contributed by atoms with Crippen LogP contribution in [0.5, 0.6) is 0 Å². The number of rotatable bonds is 7. The van der Waals surface area contributed by atoms with Crippen molar-refractivity contribution < 1.29 is 35.5 Å². The third kappa shape index (κ3) is 6.25. The van der Waals surface area contributed by atoms with Gasteiger partial charge in [0.25, 0.3) is 0 Å². The summed E-state index contributed by atoms with van der Waals surface area (Å²) in [4.78, 5) is 14.1. The Morgan fingerprint density at radius 3 is 2.08 bits per heavy atom. The number of halogens is 7. The first-order chi connectivity index (χ1) is 18.6. The lowest BCUT2D eigenvalue weighted by molar-refractivity contribution is -0.143. The predicted octanol–water partition coefficient (Wildman–Crippen LogP) is 5.82. The molecule has 0 N–H and O–H groups in total. The zero-order chi connectivity index (χ0) is 29.6. The molecule has 218 valence electrons. The average Bonchev–Trinajstić information content (AvgIpc) is 3.39. The van der Waals surface area contributed by atoms with Gasteiger partial charge in [0.05, 0.1) is 29.9 Å². The Bertz CT molecular complexity index is 1360. The van der Waals surface area contributed by atoms with Crippen LogP contribution in [-0.2, 0) is 37.7 Å². The fourth-order valence-electron chi connectivity index (χ4n) is 5.35. The van der Waals surface area contributed by atoms with Crippen molar-refractivity contribution in [3.63, 3.8) is 0 Å². The fourth-order valence-corrected chi connectivity index (χ4v) is 5.35. The second kappa shape index (κ2) is 11.0. The first-order valence-corrected chi connectivity index (χ1v) is 12.6. The van der Waals surface area contributed by atoms with E-state index in [1.807, 2.05) is 11.9 Å². The lowest BCUT2D eigenvalue weighted by atomic mass is 9.91. The molecule has 3 aromatic rings. The number of benzene rings is 2. The van der Waals surface area contributed by atoms with E-state index in [-0.39, 0.29) is 29.3 Å². The van der Waals surface area contributed by atoms with Crippen molar-refractivity contribution >= 4 is 0 Å². The van der Waals surface area contributed by atoms with Crippen LogP contribution in [-0.4, -0.2) is 38.4 Å². The Hall–Kier alpha value is -3.19. The predicted molar refractivity (Wildman–Crippen MR) is 132 cm³/mol. The number of alkyl halides is 6. The summed E-state index contributed by atoms with van der Waals surface area (Å²) in [5.74, 6) is -0.333. The molecule has 1 aromatic heterocycles. The monoisotopic (exact) mass is 574 g/mol. The van der Waals surface area contributed by atoms with Gasteiger partial charge in [-0.3, -0.25) is 9.47 Å². The van der Waals surface area contributed by atoms with Crippen LogP contribution in [0.25, 0.3) is 0 Å². The maximum absolute atomic E-state index is 13.7. The first-order valence-electron chi connectivity index (χ1n) is 12.6. The van der Waals surface area contributed by atoms with Crippen LogP contribution in [0.1, 0.15) is 59.9 Å². The second-order valence-corrected chi connectivity index (χ2v) is 10.2. The normalized spacial score (nSPS) is 20.9. The van der Waals surface area contributed by atoms with E-state index in [0.29, 0.717) is 42.9 Å². The minimum Gasteiger partial charge on any atom is -0.370 e. The number of ether oxygens (including phenoxy) is 1. The molecule has 4 rings (SSSR count). The summed E-state index contributed by atoms with van der Waals surface area (Å²) in [5.41, 5.74) is -2.65. The number of aromatic nitrogens is 3. The smallest absolute Gasteiger partial charge is 0.370 e. The zero-order valence-electron chi connectivity index (χ0n) is 22.2. The molecule has 2 aromatic carbocycles. The van der Waals surface area contributed by atoms with Crippen molar-refractivity contribution in [1.82, 2.24) is 19.2 Å². The SMILES string of the molecule is C[C@@H](OC1CCC(N(C)Cc2nn(C)c(=O)n2C)C1c1ccc(F)cc1)c1cc(C(F)(F)F)cc(C(F)(F)F)c1. The highest BCUT2D eigenvalue weighted by Crippen LogP contribution is 2.43. The van der Waals surface area contributed by atoms with Crippen LogP contribution in [0.15, 0.2) is 47.3 Å². The van der Waals surface area contributed by atoms with Gasteiger partial charge in [-0.1, -0.05) is 12.1 Å². The van der Waals surface area contributed by atoms with E-state index in [4.69, 9.17) is 4.74 Å². The van der Waals surface area contributed by atoms with E-state index < -0.39 is 41.5 Å². The Morgan fingerprint density at radius 2 is 1.57 bits per heavy atom.